The minimum atomic E-state index is -0.322. The van der Waals surface area contributed by atoms with Gasteiger partial charge in [0.2, 0.25) is 0 Å². The molecule has 0 bridgehead atoms. The van der Waals surface area contributed by atoms with Gasteiger partial charge in [-0.25, -0.2) is 4.79 Å². The summed E-state index contributed by atoms with van der Waals surface area (Å²) < 4.78 is 6.79. The molecular weight excluding hydrogens is 252 g/mol. The SMILES string of the molecule is CCC1(C(N)c2ccc3c(c2)oc(=O)n3C)CCCC1. The van der Waals surface area contributed by atoms with Gasteiger partial charge >= 0.3 is 5.76 Å². The standard InChI is InChI=1S/C16H22N2O2/c1-3-16(8-4-5-9-16)14(17)11-6-7-12-13(10-11)20-15(19)18(12)2/h6-7,10,14H,3-5,8-9,17H2,1-2H3. The quantitative estimate of drug-likeness (QED) is 0.935. The van der Waals surface area contributed by atoms with Crippen LogP contribution in [0.1, 0.15) is 50.6 Å². The van der Waals surface area contributed by atoms with Crippen LogP contribution in [-0.2, 0) is 7.05 Å². The predicted molar refractivity (Wildman–Crippen MR) is 79.6 cm³/mol. The van der Waals surface area contributed by atoms with Crippen LogP contribution in [-0.4, -0.2) is 4.57 Å². The molecule has 1 aromatic carbocycles. The fourth-order valence-electron chi connectivity index (χ4n) is 3.66. The van der Waals surface area contributed by atoms with Gasteiger partial charge in [-0.05, 0) is 42.4 Å². The summed E-state index contributed by atoms with van der Waals surface area (Å²) in [6.07, 6.45) is 6.03. The lowest BCUT2D eigenvalue weighted by Crippen LogP contribution is -2.31. The van der Waals surface area contributed by atoms with Crippen LogP contribution in [0.2, 0.25) is 0 Å². The van der Waals surface area contributed by atoms with Crippen molar-refractivity contribution in [2.45, 2.75) is 45.1 Å². The Morgan fingerprint density at radius 2 is 2.10 bits per heavy atom. The maximum absolute atomic E-state index is 11.6. The molecule has 4 heteroatoms. The number of hydrogen-bond donors (Lipinski definition) is 1. The van der Waals surface area contributed by atoms with Crippen molar-refractivity contribution in [3.8, 4) is 0 Å². The van der Waals surface area contributed by atoms with E-state index in [0.717, 1.165) is 17.5 Å². The molecule has 0 aliphatic heterocycles. The Balaban J connectivity index is 2.03. The van der Waals surface area contributed by atoms with Crippen molar-refractivity contribution in [2.75, 3.05) is 0 Å². The molecule has 1 saturated carbocycles. The van der Waals surface area contributed by atoms with Gasteiger partial charge in [-0.2, -0.15) is 0 Å². The van der Waals surface area contributed by atoms with Crippen LogP contribution in [0.4, 0.5) is 0 Å². The predicted octanol–water partition coefficient (Wildman–Crippen LogP) is 3.10. The molecule has 3 rings (SSSR count). The van der Waals surface area contributed by atoms with Gasteiger partial charge in [0.15, 0.2) is 5.58 Å². The van der Waals surface area contributed by atoms with E-state index in [2.05, 4.69) is 6.92 Å². The second-order valence-corrected chi connectivity index (χ2v) is 6.05. The third-order valence-corrected chi connectivity index (χ3v) is 5.14. The first kappa shape index (κ1) is 13.4. The number of benzene rings is 1. The van der Waals surface area contributed by atoms with Crippen LogP contribution in [0.15, 0.2) is 27.4 Å². The van der Waals surface area contributed by atoms with Crippen molar-refractivity contribution in [2.24, 2.45) is 18.2 Å². The maximum atomic E-state index is 11.6. The molecule has 1 aliphatic rings. The highest BCUT2D eigenvalue weighted by atomic mass is 16.4. The highest BCUT2D eigenvalue weighted by molar-refractivity contribution is 5.73. The molecule has 20 heavy (non-hydrogen) atoms. The molecule has 4 nitrogen and oxygen atoms in total. The zero-order valence-electron chi connectivity index (χ0n) is 12.2. The average Bonchev–Trinajstić information content (AvgIpc) is 3.05. The van der Waals surface area contributed by atoms with E-state index in [-0.39, 0.29) is 17.2 Å². The van der Waals surface area contributed by atoms with Gasteiger partial charge in [-0.3, -0.25) is 4.57 Å². The van der Waals surface area contributed by atoms with Crippen LogP contribution >= 0.6 is 0 Å². The molecule has 0 amide bonds. The fraction of sp³-hybridized carbons (Fsp3) is 0.562. The van der Waals surface area contributed by atoms with Gasteiger partial charge in [0.1, 0.15) is 0 Å². The van der Waals surface area contributed by atoms with E-state index < -0.39 is 0 Å². The molecule has 0 spiro atoms. The molecule has 0 saturated heterocycles. The monoisotopic (exact) mass is 274 g/mol. The molecule has 1 unspecified atom stereocenters. The van der Waals surface area contributed by atoms with Crippen molar-refractivity contribution in [3.05, 3.63) is 34.3 Å². The molecule has 1 atom stereocenters. The summed E-state index contributed by atoms with van der Waals surface area (Å²) in [6, 6.07) is 5.94. The molecule has 108 valence electrons. The van der Waals surface area contributed by atoms with Crippen LogP contribution in [0.25, 0.3) is 11.1 Å². The van der Waals surface area contributed by atoms with E-state index in [1.165, 1.54) is 30.3 Å². The highest BCUT2D eigenvalue weighted by Crippen LogP contribution is 2.49. The van der Waals surface area contributed by atoms with E-state index in [0.29, 0.717) is 5.58 Å². The van der Waals surface area contributed by atoms with Crippen molar-refractivity contribution in [1.82, 2.24) is 4.57 Å². The zero-order valence-corrected chi connectivity index (χ0v) is 12.2. The normalized spacial score (nSPS) is 19.6. The van der Waals surface area contributed by atoms with Crippen LogP contribution in [0.3, 0.4) is 0 Å². The summed E-state index contributed by atoms with van der Waals surface area (Å²) in [5.74, 6) is -0.322. The molecule has 2 N–H and O–H groups in total. The first-order chi connectivity index (χ1) is 9.57. The van der Waals surface area contributed by atoms with E-state index >= 15 is 0 Å². The summed E-state index contributed by atoms with van der Waals surface area (Å²) >= 11 is 0. The van der Waals surface area contributed by atoms with Crippen molar-refractivity contribution >= 4 is 11.1 Å². The molecule has 1 aliphatic carbocycles. The van der Waals surface area contributed by atoms with Gasteiger partial charge in [0.05, 0.1) is 5.52 Å². The van der Waals surface area contributed by atoms with Crippen LogP contribution < -0.4 is 11.5 Å². The Kier molecular flexibility index (Phi) is 3.21. The number of rotatable bonds is 3. The number of oxazole rings is 1. The summed E-state index contributed by atoms with van der Waals surface area (Å²) in [4.78, 5) is 11.6. The van der Waals surface area contributed by atoms with E-state index in [9.17, 15) is 4.79 Å². The van der Waals surface area contributed by atoms with E-state index in [1.807, 2.05) is 18.2 Å². The third kappa shape index (κ3) is 1.90. The van der Waals surface area contributed by atoms with Gasteiger partial charge in [0.25, 0.3) is 0 Å². The average molecular weight is 274 g/mol. The van der Waals surface area contributed by atoms with Gasteiger partial charge in [0, 0.05) is 13.1 Å². The topological polar surface area (TPSA) is 61.2 Å². The molecule has 2 aromatic rings. The number of hydrogen-bond acceptors (Lipinski definition) is 3. The van der Waals surface area contributed by atoms with Crippen molar-refractivity contribution < 1.29 is 4.42 Å². The highest BCUT2D eigenvalue weighted by Gasteiger charge is 2.38. The molecule has 1 aromatic heterocycles. The van der Waals surface area contributed by atoms with Gasteiger partial charge in [-0.15, -0.1) is 0 Å². The largest absolute Gasteiger partial charge is 0.419 e. The van der Waals surface area contributed by atoms with E-state index in [1.54, 1.807) is 7.05 Å². The Bertz CT molecular complexity index is 677. The lowest BCUT2D eigenvalue weighted by Gasteiger charge is -2.34. The van der Waals surface area contributed by atoms with Crippen LogP contribution in [0, 0.1) is 5.41 Å². The van der Waals surface area contributed by atoms with Crippen molar-refractivity contribution in [3.63, 3.8) is 0 Å². The van der Waals surface area contributed by atoms with Gasteiger partial charge in [-0.1, -0.05) is 25.8 Å². The minimum Gasteiger partial charge on any atom is -0.408 e. The lowest BCUT2D eigenvalue weighted by molar-refractivity contribution is 0.222. The van der Waals surface area contributed by atoms with E-state index in [4.69, 9.17) is 10.2 Å². The van der Waals surface area contributed by atoms with Gasteiger partial charge < -0.3 is 10.2 Å². The molecular formula is C16H22N2O2. The summed E-state index contributed by atoms with van der Waals surface area (Å²) in [7, 11) is 1.72. The Morgan fingerprint density at radius 3 is 2.75 bits per heavy atom. The molecule has 0 radical (unpaired) electrons. The Labute approximate surface area is 118 Å². The Morgan fingerprint density at radius 1 is 1.40 bits per heavy atom. The number of aromatic nitrogens is 1. The third-order valence-electron chi connectivity index (χ3n) is 5.14. The van der Waals surface area contributed by atoms with Crippen molar-refractivity contribution in [1.29, 1.82) is 0 Å². The maximum Gasteiger partial charge on any atom is 0.419 e. The Hall–Kier alpha value is -1.55. The zero-order chi connectivity index (χ0) is 14.3. The fourth-order valence-corrected chi connectivity index (χ4v) is 3.66. The number of aryl methyl sites for hydroxylation is 1. The number of nitrogens with zero attached hydrogens (tertiary/aromatic N) is 1. The minimum absolute atomic E-state index is 0.0184. The summed E-state index contributed by atoms with van der Waals surface area (Å²) in [5.41, 5.74) is 9.30. The molecule has 1 fully saturated rings. The number of fused-ring (bicyclic) bond motifs is 1. The second kappa shape index (κ2) is 4.77. The molecule has 1 heterocycles. The first-order valence-corrected chi connectivity index (χ1v) is 7.42. The number of nitrogens with two attached hydrogens (primary N) is 1. The smallest absolute Gasteiger partial charge is 0.408 e. The summed E-state index contributed by atoms with van der Waals surface area (Å²) in [5, 5.41) is 0. The second-order valence-electron chi connectivity index (χ2n) is 6.05. The first-order valence-electron chi connectivity index (χ1n) is 7.42. The van der Waals surface area contributed by atoms with Crippen LogP contribution in [0.5, 0.6) is 0 Å². The lowest BCUT2D eigenvalue weighted by atomic mass is 9.74. The summed E-state index contributed by atoms with van der Waals surface area (Å²) in [6.45, 7) is 2.23.